The van der Waals surface area contributed by atoms with Crippen molar-refractivity contribution in [3.8, 4) is 0 Å². The molecule has 1 rings (SSSR count). The van der Waals surface area contributed by atoms with E-state index in [9.17, 15) is 17.6 Å². The lowest BCUT2D eigenvalue weighted by molar-refractivity contribution is 0.372. The summed E-state index contributed by atoms with van der Waals surface area (Å²) in [5.41, 5.74) is 3.68. The van der Waals surface area contributed by atoms with Crippen molar-refractivity contribution in [2.45, 2.75) is 11.8 Å². The number of nitrogens with two attached hydrogens (primary N) is 1. The first-order valence-electron chi connectivity index (χ1n) is 5.32. The van der Waals surface area contributed by atoms with Crippen LogP contribution in [-0.2, 0) is 4.18 Å². The van der Waals surface area contributed by atoms with Crippen molar-refractivity contribution in [1.29, 1.82) is 0 Å². The highest BCUT2D eigenvalue weighted by Crippen LogP contribution is 2.32. The van der Waals surface area contributed by atoms with Crippen molar-refractivity contribution < 1.29 is 21.7 Å². The van der Waals surface area contributed by atoms with Crippen LogP contribution in [0.25, 0.3) is 0 Å². The SMILES string of the molecule is C=C(C)SNCCOSc1c(F)c(F)c(N)c(F)c1F. The Morgan fingerprint density at radius 2 is 1.75 bits per heavy atom. The zero-order chi connectivity index (χ0) is 15.3. The highest BCUT2D eigenvalue weighted by atomic mass is 32.2. The van der Waals surface area contributed by atoms with Crippen molar-refractivity contribution in [3.63, 3.8) is 0 Å². The van der Waals surface area contributed by atoms with Crippen molar-refractivity contribution in [2.75, 3.05) is 18.9 Å². The Bertz CT molecular complexity index is 485. The second kappa shape index (κ2) is 7.77. The molecule has 0 aromatic heterocycles. The largest absolute Gasteiger partial charge is 0.394 e. The number of nitrogen functional groups attached to an aromatic ring is 1. The van der Waals surface area contributed by atoms with Gasteiger partial charge in [-0.1, -0.05) is 18.5 Å². The summed E-state index contributed by atoms with van der Waals surface area (Å²) >= 11 is 1.48. The minimum atomic E-state index is -1.63. The Hall–Kier alpha value is -0.900. The molecule has 1 aromatic carbocycles. The van der Waals surface area contributed by atoms with E-state index in [-0.39, 0.29) is 18.6 Å². The summed E-state index contributed by atoms with van der Waals surface area (Å²) in [6, 6.07) is 0. The first-order valence-corrected chi connectivity index (χ1v) is 6.88. The standard InChI is InChI=1S/C11H12F4N2OS2/c1-5(2)19-17-3-4-18-20-11-8(14)6(12)10(16)7(13)9(11)15/h17H,1,3-4,16H2,2H3. The quantitative estimate of drug-likeness (QED) is 0.200. The molecule has 3 N–H and O–H groups in total. The number of rotatable bonds is 7. The molecule has 0 spiro atoms. The predicted molar refractivity (Wildman–Crippen MR) is 72.9 cm³/mol. The first-order chi connectivity index (χ1) is 9.36. The van der Waals surface area contributed by atoms with E-state index >= 15 is 0 Å². The van der Waals surface area contributed by atoms with Crippen LogP contribution >= 0.6 is 24.0 Å². The second-order valence-electron chi connectivity index (χ2n) is 3.60. The zero-order valence-corrected chi connectivity index (χ0v) is 12.1. The Kier molecular flexibility index (Phi) is 6.66. The normalized spacial score (nSPS) is 10.8. The van der Waals surface area contributed by atoms with Crippen molar-refractivity contribution in [2.24, 2.45) is 0 Å². The molecule has 3 nitrogen and oxygen atoms in total. The Balaban J connectivity index is 2.59. The number of allylic oxidation sites excluding steroid dienone is 1. The summed E-state index contributed by atoms with van der Waals surface area (Å²) in [4.78, 5) is -0.0702. The van der Waals surface area contributed by atoms with E-state index in [4.69, 9.17) is 9.92 Å². The first kappa shape index (κ1) is 17.2. The number of halogens is 4. The molecule has 0 atom stereocenters. The van der Waals surface area contributed by atoms with Gasteiger partial charge < -0.3 is 9.92 Å². The van der Waals surface area contributed by atoms with Crippen LogP contribution in [0, 0.1) is 23.3 Å². The number of hydrogen-bond acceptors (Lipinski definition) is 5. The van der Waals surface area contributed by atoms with E-state index in [1.54, 1.807) is 6.92 Å². The van der Waals surface area contributed by atoms with Crippen molar-refractivity contribution in [3.05, 3.63) is 34.8 Å². The third-order valence-corrected chi connectivity index (χ3v) is 3.44. The van der Waals surface area contributed by atoms with E-state index in [0.29, 0.717) is 6.54 Å². The van der Waals surface area contributed by atoms with E-state index in [1.807, 2.05) is 0 Å². The average Bonchev–Trinajstić information content (AvgIpc) is 2.41. The summed E-state index contributed by atoms with van der Waals surface area (Å²) in [5, 5.41) is 0. The van der Waals surface area contributed by atoms with E-state index in [1.165, 1.54) is 11.9 Å². The topological polar surface area (TPSA) is 47.3 Å². The van der Waals surface area contributed by atoms with Crippen molar-refractivity contribution >= 4 is 29.7 Å². The molecule has 0 aliphatic rings. The zero-order valence-electron chi connectivity index (χ0n) is 10.4. The summed E-state index contributed by atoms with van der Waals surface area (Å²) in [7, 11) is 0. The van der Waals surface area contributed by atoms with Gasteiger partial charge in [-0.3, -0.25) is 4.72 Å². The maximum atomic E-state index is 13.4. The lowest BCUT2D eigenvalue weighted by Crippen LogP contribution is -2.11. The van der Waals surface area contributed by atoms with Gasteiger partial charge in [-0.05, 0) is 11.8 Å². The maximum absolute atomic E-state index is 13.4. The summed E-state index contributed by atoms with van der Waals surface area (Å²) in [5.74, 6) is -6.41. The molecule has 1 aromatic rings. The molecule has 0 bridgehead atoms. The monoisotopic (exact) mass is 328 g/mol. The van der Waals surface area contributed by atoms with Gasteiger partial charge in [0.15, 0.2) is 23.3 Å². The molecule has 0 aliphatic heterocycles. The van der Waals surface area contributed by atoms with Gasteiger partial charge in [-0.2, -0.15) is 0 Å². The van der Waals surface area contributed by atoms with Gasteiger partial charge in [0.05, 0.1) is 6.61 Å². The Morgan fingerprint density at radius 3 is 2.25 bits per heavy atom. The highest BCUT2D eigenvalue weighted by molar-refractivity contribution is 8.01. The average molecular weight is 328 g/mol. The third-order valence-electron chi connectivity index (χ3n) is 1.93. The van der Waals surface area contributed by atoms with Crippen molar-refractivity contribution in [1.82, 2.24) is 4.72 Å². The number of benzene rings is 1. The van der Waals surface area contributed by atoms with Crippen LogP contribution in [0.3, 0.4) is 0 Å². The number of nitrogens with one attached hydrogen (secondary N) is 1. The van der Waals surface area contributed by atoms with Gasteiger partial charge in [-0.25, -0.2) is 17.6 Å². The van der Waals surface area contributed by atoms with Crippen LogP contribution in [-0.4, -0.2) is 13.2 Å². The molecule has 0 saturated heterocycles. The fraction of sp³-hybridized carbons (Fsp3) is 0.273. The van der Waals surface area contributed by atoms with Gasteiger partial charge >= 0.3 is 0 Å². The summed E-state index contributed by atoms with van der Waals surface area (Å²) in [6.07, 6.45) is 0. The highest BCUT2D eigenvalue weighted by Gasteiger charge is 2.24. The smallest absolute Gasteiger partial charge is 0.186 e. The molecule has 0 fully saturated rings. The van der Waals surface area contributed by atoms with Gasteiger partial charge in [0.25, 0.3) is 0 Å². The fourth-order valence-corrected chi connectivity index (χ4v) is 2.10. The molecule has 20 heavy (non-hydrogen) atoms. The summed E-state index contributed by atoms with van der Waals surface area (Å²) in [6.45, 7) is 5.84. The lowest BCUT2D eigenvalue weighted by Gasteiger charge is -2.09. The van der Waals surface area contributed by atoms with Gasteiger partial charge in [-0.15, -0.1) is 0 Å². The van der Waals surface area contributed by atoms with Gasteiger partial charge in [0.2, 0.25) is 0 Å². The van der Waals surface area contributed by atoms with Crippen LogP contribution in [0.15, 0.2) is 16.4 Å². The molecule has 0 radical (unpaired) electrons. The molecular weight excluding hydrogens is 316 g/mol. The minimum absolute atomic E-state index is 0.0669. The van der Waals surface area contributed by atoms with E-state index < -0.39 is 33.9 Å². The molecule has 9 heteroatoms. The fourth-order valence-electron chi connectivity index (χ4n) is 1.06. The third kappa shape index (κ3) is 4.30. The van der Waals surface area contributed by atoms with Crippen LogP contribution in [0.2, 0.25) is 0 Å². The lowest BCUT2D eigenvalue weighted by atomic mass is 10.2. The number of hydrogen-bond donors (Lipinski definition) is 2. The number of anilines is 1. The minimum Gasteiger partial charge on any atom is -0.394 e. The Labute approximate surface area is 122 Å². The molecule has 112 valence electrons. The molecule has 0 amide bonds. The Morgan fingerprint density at radius 1 is 1.20 bits per heavy atom. The van der Waals surface area contributed by atoms with Crippen LogP contribution in [0.1, 0.15) is 6.92 Å². The van der Waals surface area contributed by atoms with Crippen LogP contribution in [0.4, 0.5) is 23.2 Å². The van der Waals surface area contributed by atoms with Gasteiger partial charge in [0.1, 0.15) is 10.6 Å². The summed E-state index contributed by atoms with van der Waals surface area (Å²) < 4.78 is 60.8. The predicted octanol–water partition coefficient (Wildman–Crippen LogP) is 3.62. The van der Waals surface area contributed by atoms with Crippen LogP contribution in [0.5, 0.6) is 0 Å². The molecule has 0 heterocycles. The van der Waals surface area contributed by atoms with Crippen LogP contribution < -0.4 is 10.5 Å². The molecule has 0 unspecified atom stereocenters. The second-order valence-corrected chi connectivity index (χ2v) is 5.60. The molecular formula is C11H12F4N2OS2. The maximum Gasteiger partial charge on any atom is 0.186 e. The van der Waals surface area contributed by atoms with E-state index in [0.717, 1.165) is 4.91 Å². The van der Waals surface area contributed by atoms with E-state index in [2.05, 4.69) is 11.3 Å². The van der Waals surface area contributed by atoms with Gasteiger partial charge in [0, 0.05) is 18.6 Å². The molecule has 0 aliphatic carbocycles. The molecule has 0 saturated carbocycles.